The third-order valence-corrected chi connectivity index (χ3v) is 4.58. The minimum Gasteiger partial charge on any atom is -0.452 e. The maximum Gasteiger partial charge on any atom is 0.338 e. The molecule has 1 N–H and O–H groups in total. The van der Waals surface area contributed by atoms with Crippen LogP contribution in [-0.2, 0) is 9.53 Å². The fourth-order valence-corrected chi connectivity index (χ4v) is 3.09. The van der Waals surface area contributed by atoms with Crippen LogP contribution in [0.2, 0.25) is 0 Å². The van der Waals surface area contributed by atoms with Crippen molar-refractivity contribution < 1.29 is 14.3 Å². The SMILES string of the molecule is C[C@H]1CCCC[C@@H]1NC(=O)COC(=O)c1ccc(-n2cncn2)cc1. The number of hydrogen-bond acceptors (Lipinski definition) is 5. The highest BCUT2D eigenvalue weighted by Crippen LogP contribution is 2.23. The van der Waals surface area contributed by atoms with Gasteiger partial charge in [-0.1, -0.05) is 19.8 Å². The molecule has 1 aromatic heterocycles. The first kappa shape index (κ1) is 17.1. The van der Waals surface area contributed by atoms with Crippen molar-refractivity contribution in [3.8, 4) is 5.69 Å². The van der Waals surface area contributed by atoms with Crippen molar-refractivity contribution in [3.63, 3.8) is 0 Å². The predicted octanol–water partition coefficient (Wildman–Crippen LogP) is 2.12. The number of amides is 1. The normalized spacial score (nSPS) is 20.0. The maximum atomic E-state index is 12.1. The molecule has 0 saturated heterocycles. The van der Waals surface area contributed by atoms with Crippen molar-refractivity contribution >= 4 is 11.9 Å². The van der Waals surface area contributed by atoms with E-state index in [2.05, 4.69) is 22.3 Å². The van der Waals surface area contributed by atoms with Crippen LogP contribution >= 0.6 is 0 Å². The number of nitrogens with one attached hydrogen (secondary N) is 1. The average Bonchev–Trinajstić information content (AvgIpc) is 3.16. The molecule has 1 heterocycles. The fraction of sp³-hybridized carbons (Fsp3) is 0.444. The van der Waals surface area contributed by atoms with Crippen LogP contribution in [0.1, 0.15) is 43.0 Å². The lowest BCUT2D eigenvalue weighted by Crippen LogP contribution is -2.42. The van der Waals surface area contributed by atoms with E-state index in [1.165, 1.54) is 12.7 Å². The molecule has 2 atom stereocenters. The monoisotopic (exact) mass is 342 g/mol. The van der Waals surface area contributed by atoms with Crippen LogP contribution in [0.25, 0.3) is 5.69 Å². The molecular formula is C18H22N4O3. The van der Waals surface area contributed by atoms with Gasteiger partial charge in [-0.3, -0.25) is 4.79 Å². The number of rotatable bonds is 5. The second kappa shape index (κ2) is 7.92. The summed E-state index contributed by atoms with van der Waals surface area (Å²) >= 11 is 0. The highest BCUT2D eigenvalue weighted by molar-refractivity contribution is 5.91. The summed E-state index contributed by atoms with van der Waals surface area (Å²) in [6.45, 7) is 1.89. The quantitative estimate of drug-likeness (QED) is 0.841. The molecule has 0 spiro atoms. The summed E-state index contributed by atoms with van der Waals surface area (Å²) in [6, 6.07) is 6.95. The van der Waals surface area contributed by atoms with Gasteiger partial charge < -0.3 is 10.1 Å². The van der Waals surface area contributed by atoms with Gasteiger partial charge >= 0.3 is 5.97 Å². The first-order valence-corrected chi connectivity index (χ1v) is 8.55. The third-order valence-electron chi connectivity index (χ3n) is 4.58. The zero-order valence-electron chi connectivity index (χ0n) is 14.2. The van der Waals surface area contributed by atoms with Gasteiger partial charge in [0.15, 0.2) is 6.61 Å². The van der Waals surface area contributed by atoms with Crippen molar-refractivity contribution in [3.05, 3.63) is 42.5 Å². The van der Waals surface area contributed by atoms with Gasteiger partial charge in [-0.15, -0.1) is 0 Å². The molecule has 0 unspecified atom stereocenters. The Hall–Kier alpha value is -2.70. The predicted molar refractivity (Wildman–Crippen MR) is 91.2 cm³/mol. The molecule has 7 heteroatoms. The molecule has 3 rings (SSSR count). The topological polar surface area (TPSA) is 86.1 Å². The number of hydrogen-bond donors (Lipinski definition) is 1. The second-order valence-electron chi connectivity index (χ2n) is 6.40. The highest BCUT2D eigenvalue weighted by atomic mass is 16.5. The minimum atomic E-state index is -0.517. The van der Waals surface area contributed by atoms with E-state index < -0.39 is 5.97 Å². The molecule has 1 aromatic carbocycles. The Morgan fingerprint density at radius 2 is 2.00 bits per heavy atom. The van der Waals surface area contributed by atoms with E-state index in [0.29, 0.717) is 11.5 Å². The zero-order chi connectivity index (χ0) is 17.6. The van der Waals surface area contributed by atoms with Crippen molar-refractivity contribution in [1.82, 2.24) is 20.1 Å². The number of esters is 1. The lowest BCUT2D eigenvalue weighted by molar-refractivity contribution is -0.125. The summed E-state index contributed by atoms with van der Waals surface area (Å²) in [6.07, 6.45) is 7.48. The van der Waals surface area contributed by atoms with Gasteiger partial charge in [0.1, 0.15) is 12.7 Å². The number of carbonyl (C=O) groups excluding carboxylic acids is 2. The van der Waals surface area contributed by atoms with E-state index in [4.69, 9.17) is 4.74 Å². The Morgan fingerprint density at radius 3 is 2.68 bits per heavy atom. The average molecular weight is 342 g/mol. The molecule has 0 aliphatic heterocycles. The van der Waals surface area contributed by atoms with E-state index in [1.54, 1.807) is 35.3 Å². The van der Waals surface area contributed by atoms with E-state index in [1.807, 2.05) is 0 Å². The summed E-state index contributed by atoms with van der Waals surface area (Å²) < 4.78 is 6.70. The summed E-state index contributed by atoms with van der Waals surface area (Å²) in [4.78, 5) is 27.9. The summed E-state index contributed by atoms with van der Waals surface area (Å²) in [5, 5.41) is 6.99. The lowest BCUT2D eigenvalue weighted by atomic mass is 9.86. The minimum absolute atomic E-state index is 0.182. The number of carbonyl (C=O) groups is 2. The Morgan fingerprint density at radius 1 is 1.24 bits per heavy atom. The first-order chi connectivity index (χ1) is 12.1. The highest BCUT2D eigenvalue weighted by Gasteiger charge is 2.23. The van der Waals surface area contributed by atoms with Crippen molar-refractivity contribution in [1.29, 1.82) is 0 Å². The van der Waals surface area contributed by atoms with Crippen LogP contribution in [0, 0.1) is 5.92 Å². The Bertz CT molecular complexity index is 712. The molecule has 7 nitrogen and oxygen atoms in total. The second-order valence-corrected chi connectivity index (χ2v) is 6.40. The van der Waals surface area contributed by atoms with Gasteiger partial charge in [0.2, 0.25) is 0 Å². The van der Waals surface area contributed by atoms with Crippen LogP contribution in [-0.4, -0.2) is 39.3 Å². The van der Waals surface area contributed by atoms with E-state index in [0.717, 1.165) is 24.9 Å². The number of ether oxygens (including phenoxy) is 1. The van der Waals surface area contributed by atoms with Gasteiger partial charge in [-0.2, -0.15) is 5.10 Å². The number of nitrogens with zero attached hydrogens (tertiary/aromatic N) is 3. The zero-order valence-corrected chi connectivity index (χ0v) is 14.2. The van der Waals surface area contributed by atoms with Gasteiger partial charge in [0.05, 0.1) is 11.3 Å². The van der Waals surface area contributed by atoms with E-state index in [-0.39, 0.29) is 18.6 Å². The third kappa shape index (κ3) is 4.43. The van der Waals surface area contributed by atoms with Crippen LogP contribution in [0.15, 0.2) is 36.9 Å². The Labute approximate surface area is 146 Å². The summed E-state index contributed by atoms with van der Waals surface area (Å²) in [5.74, 6) is -0.291. The van der Waals surface area contributed by atoms with Gasteiger partial charge in [0, 0.05) is 6.04 Å². The Balaban J connectivity index is 1.49. The Kier molecular flexibility index (Phi) is 5.42. The molecule has 1 amide bonds. The van der Waals surface area contributed by atoms with Crippen molar-refractivity contribution in [2.45, 2.75) is 38.6 Å². The molecule has 1 saturated carbocycles. The van der Waals surface area contributed by atoms with E-state index in [9.17, 15) is 9.59 Å². The van der Waals surface area contributed by atoms with E-state index >= 15 is 0 Å². The maximum absolute atomic E-state index is 12.1. The number of aromatic nitrogens is 3. The molecule has 1 aliphatic carbocycles. The van der Waals surface area contributed by atoms with Crippen LogP contribution in [0.5, 0.6) is 0 Å². The van der Waals surface area contributed by atoms with Crippen molar-refractivity contribution in [2.75, 3.05) is 6.61 Å². The molecule has 1 fully saturated rings. The number of benzene rings is 1. The first-order valence-electron chi connectivity index (χ1n) is 8.55. The molecule has 1 aliphatic rings. The van der Waals surface area contributed by atoms with Gasteiger partial charge in [-0.25, -0.2) is 14.5 Å². The molecule has 0 bridgehead atoms. The lowest BCUT2D eigenvalue weighted by Gasteiger charge is -2.29. The molecule has 132 valence electrons. The molecule has 25 heavy (non-hydrogen) atoms. The standard InChI is InChI=1S/C18H22N4O3/c1-13-4-2-3-5-16(13)21-17(23)10-25-18(24)14-6-8-15(9-7-14)22-12-19-11-20-22/h6-9,11-13,16H,2-5,10H2,1H3,(H,21,23)/t13-,16-/m0/s1. The fourth-order valence-electron chi connectivity index (χ4n) is 3.09. The van der Waals surface area contributed by atoms with Crippen LogP contribution in [0.3, 0.4) is 0 Å². The van der Waals surface area contributed by atoms with Gasteiger partial charge in [0.25, 0.3) is 5.91 Å². The molecule has 0 radical (unpaired) electrons. The van der Waals surface area contributed by atoms with Crippen molar-refractivity contribution in [2.24, 2.45) is 5.92 Å². The van der Waals surface area contributed by atoms with Crippen LogP contribution in [0.4, 0.5) is 0 Å². The summed E-state index contributed by atoms with van der Waals surface area (Å²) in [5.41, 5.74) is 1.18. The summed E-state index contributed by atoms with van der Waals surface area (Å²) in [7, 11) is 0. The molecule has 2 aromatic rings. The van der Waals surface area contributed by atoms with Crippen LogP contribution < -0.4 is 5.32 Å². The molecular weight excluding hydrogens is 320 g/mol. The largest absolute Gasteiger partial charge is 0.452 e. The smallest absolute Gasteiger partial charge is 0.338 e. The van der Waals surface area contributed by atoms with Gasteiger partial charge in [-0.05, 0) is 43.0 Å².